The monoisotopic (exact) mass is 639 g/mol. The maximum atomic E-state index is 13.5. The van der Waals surface area contributed by atoms with E-state index in [1.807, 2.05) is 37.5 Å². The van der Waals surface area contributed by atoms with Gasteiger partial charge in [-0.2, -0.15) is 0 Å². The van der Waals surface area contributed by atoms with Crippen molar-refractivity contribution in [1.82, 2.24) is 14.8 Å². The van der Waals surface area contributed by atoms with Gasteiger partial charge in [0.05, 0.1) is 37.2 Å². The van der Waals surface area contributed by atoms with E-state index in [2.05, 4.69) is 5.32 Å². The van der Waals surface area contributed by atoms with Gasteiger partial charge in [0.15, 0.2) is 5.75 Å². The number of thiophene rings is 1. The standard InChI is InChI=1S/C33H41N3O8S/c1-9-42-29(38)22-15-36(18-10-11-18)26-20(27(22)37)13-12-19(28(26)41-8)24-14-21-23(34-30(39)43-32(2,3)4)16-35(17-25(21)45-24)31(40)44-33(5,6)7/h12-15,18,23H,9-11,16-17H2,1-8H3,(H,34,39). The normalized spacial score (nSPS) is 16.6. The smallest absolute Gasteiger partial charge is 0.410 e. The number of carbonyl (C=O) groups is 3. The summed E-state index contributed by atoms with van der Waals surface area (Å²) in [4.78, 5) is 55.5. The molecule has 1 fully saturated rings. The molecular formula is C33H41N3O8S. The van der Waals surface area contributed by atoms with E-state index < -0.39 is 40.8 Å². The minimum absolute atomic E-state index is 0.00376. The highest BCUT2D eigenvalue weighted by Crippen LogP contribution is 2.46. The number of hydrogen-bond donors (Lipinski definition) is 1. The fraction of sp³-hybridized carbons (Fsp3) is 0.515. The molecule has 2 aromatic heterocycles. The third kappa shape index (κ3) is 6.95. The summed E-state index contributed by atoms with van der Waals surface area (Å²) < 4.78 is 24.3. The molecule has 1 atom stereocenters. The first kappa shape index (κ1) is 32.3. The van der Waals surface area contributed by atoms with Gasteiger partial charge in [-0.05, 0) is 85.1 Å². The van der Waals surface area contributed by atoms with Crippen molar-refractivity contribution < 1.29 is 33.3 Å². The van der Waals surface area contributed by atoms with Crippen LogP contribution < -0.4 is 15.5 Å². The predicted octanol–water partition coefficient (Wildman–Crippen LogP) is 6.57. The number of hydrogen-bond acceptors (Lipinski definition) is 9. The SMILES string of the molecule is CCOC(=O)c1cn(C2CC2)c2c(OC)c(-c3cc4c(s3)CN(C(=O)OC(C)(C)C)CC4NC(=O)OC(C)(C)C)ccc2c1=O. The highest BCUT2D eigenvalue weighted by Gasteiger charge is 2.35. The molecular weight excluding hydrogens is 598 g/mol. The third-order valence-corrected chi connectivity index (χ3v) is 8.52. The lowest BCUT2D eigenvalue weighted by atomic mass is 10.0. The Morgan fingerprint density at radius 2 is 1.73 bits per heavy atom. The van der Waals surface area contributed by atoms with Crippen molar-refractivity contribution in [1.29, 1.82) is 0 Å². The number of fused-ring (bicyclic) bond motifs is 2. The van der Waals surface area contributed by atoms with Gasteiger partial charge >= 0.3 is 18.2 Å². The van der Waals surface area contributed by atoms with E-state index in [9.17, 15) is 19.2 Å². The van der Waals surface area contributed by atoms with Crippen LogP contribution in [0.15, 0.2) is 29.2 Å². The Balaban J connectivity index is 1.60. The third-order valence-electron chi connectivity index (χ3n) is 7.35. The Kier molecular flexibility index (Phi) is 8.65. The van der Waals surface area contributed by atoms with Crippen LogP contribution in [0.5, 0.6) is 5.75 Å². The fourth-order valence-electron chi connectivity index (χ4n) is 5.40. The van der Waals surface area contributed by atoms with Gasteiger partial charge < -0.3 is 33.7 Å². The number of carbonyl (C=O) groups excluding carboxylic acids is 3. The maximum absolute atomic E-state index is 13.5. The molecule has 1 aromatic carbocycles. The largest absolute Gasteiger partial charge is 0.494 e. The number of nitrogens with one attached hydrogen (secondary N) is 1. The average Bonchev–Trinajstić information content (AvgIpc) is 3.68. The van der Waals surface area contributed by atoms with Crippen LogP contribution in [0, 0.1) is 0 Å². The first-order valence-electron chi connectivity index (χ1n) is 15.1. The van der Waals surface area contributed by atoms with Crippen LogP contribution in [0.1, 0.15) is 94.2 Å². The summed E-state index contributed by atoms with van der Waals surface area (Å²) in [6.45, 7) is 13.2. The summed E-state index contributed by atoms with van der Waals surface area (Å²) in [7, 11) is 1.56. The zero-order chi connectivity index (χ0) is 32.8. The lowest BCUT2D eigenvalue weighted by Crippen LogP contribution is -2.46. The molecule has 0 saturated heterocycles. The van der Waals surface area contributed by atoms with Crippen LogP contribution in [-0.2, 0) is 20.8 Å². The molecule has 3 heterocycles. The molecule has 0 bridgehead atoms. The van der Waals surface area contributed by atoms with Crippen molar-refractivity contribution in [2.45, 2.75) is 91.1 Å². The zero-order valence-electron chi connectivity index (χ0n) is 27.1. The summed E-state index contributed by atoms with van der Waals surface area (Å²) >= 11 is 1.48. The van der Waals surface area contributed by atoms with Gasteiger partial charge in [0.1, 0.15) is 16.8 Å². The summed E-state index contributed by atoms with van der Waals surface area (Å²) in [6.07, 6.45) is 2.35. The quantitative estimate of drug-likeness (QED) is 0.237. The van der Waals surface area contributed by atoms with Crippen LogP contribution >= 0.6 is 11.3 Å². The average molecular weight is 640 g/mol. The van der Waals surface area contributed by atoms with E-state index in [1.54, 1.807) is 52.0 Å². The Bertz CT molecular complexity index is 1710. The molecule has 242 valence electrons. The Morgan fingerprint density at radius 3 is 2.33 bits per heavy atom. The fourth-order valence-corrected chi connectivity index (χ4v) is 6.66. The molecule has 0 spiro atoms. The number of methoxy groups -OCH3 is 1. The summed E-state index contributed by atoms with van der Waals surface area (Å²) in [5.41, 5.74) is 0.424. The topological polar surface area (TPSA) is 125 Å². The molecule has 1 aliphatic heterocycles. The lowest BCUT2D eigenvalue weighted by Gasteiger charge is -2.34. The van der Waals surface area contributed by atoms with E-state index in [0.717, 1.165) is 33.7 Å². The van der Waals surface area contributed by atoms with Gasteiger partial charge in [-0.15, -0.1) is 11.3 Å². The molecule has 1 N–H and O–H groups in total. The summed E-state index contributed by atoms with van der Waals surface area (Å²) in [6, 6.07) is 5.11. The van der Waals surface area contributed by atoms with Crippen molar-refractivity contribution in [2.75, 3.05) is 20.3 Å². The zero-order valence-corrected chi connectivity index (χ0v) is 27.9. The van der Waals surface area contributed by atoms with Gasteiger partial charge in [-0.3, -0.25) is 4.79 Å². The number of amides is 2. The second kappa shape index (κ2) is 12.0. The molecule has 1 aliphatic carbocycles. The molecule has 12 heteroatoms. The number of benzene rings is 1. The van der Waals surface area contributed by atoms with Gasteiger partial charge in [0, 0.05) is 34.1 Å². The molecule has 2 amide bonds. The number of ether oxygens (including phenoxy) is 4. The summed E-state index contributed by atoms with van der Waals surface area (Å²) in [5, 5.41) is 3.32. The molecule has 2 aliphatic rings. The van der Waals surface area contributed by atoms with Crippen molar-refractivity contribution >= 4 is 40.4 Å². The van der Waals surface area contributed by atoms with Gasteiger partial charge in [-0.25, -0.2) is 14.4 Å². The molecule has 45 heavy (non-hydrogen) atoms. The Hall–Kier alpha value is -4.06. The van der Waals surface area contributed by atoms with Crippen molar-refractivity contribution in [2.24, 2.45) is 0 Å². The van der Waals surface area contributed by atoms with Crippen LogP contribution in [-0.4, -0.2) is 59.1 Å². The van der Waals surface area contributed by atoms with E-state index in [1.165, 1.54) is 11.3 Å². The highest BCUT2D eigenvalue weighted by atomic mass is 32.1. The Labute approximate surface area is 266 Å². The van der Waals surface area contributed by atoms with E-state index in [0.29, 0.717) is 23.2 Å². The van der Waals surface area contributed by atoms with Gasteiger partial charge in [0.2, 0.25) is 5.43 Å². The second-order valence-corrected chi connectivity index (χ2v) is 14.5. The second-order valence-electron chi connectivity index (χ2n) is 13.3. The first-order chi connectivity index (χ1) is 21.1. The number of aromatic nitrogens is 1. The number of pyridine rings is 1. The van der Waals surface area contributed by atoms with E-state index >= 15 is 0 Å². The van der Waals surface area contributed by atoms with E-state index in [-0.39, 0.29) is 24.8 Å². The Morgan fingerprint density at radius 1 is 1.04 bits per heavy atom. The number of alkyl carbamates (subject to hydrolysis) is 1. The molecule has 11 nitrogen and oxygen atoms in total. The van der Waals surface area contributed by atoms with Gasteiger partial charge in [0.25, 0.3) is 0 Å². The molecule has 1 unspecified atom stereocenters. The van der Waals surface area contributed by atoms with E-state index in [4.69, 9.17) is 18.9 Å². The van der Waals surface area contributed by atoms with Crippen LogP contribution in [0.4, 0.5) is 9.59 Å². The van der Waals surface area contributed by atoms with Crippen molar-refractivity contribution in [3.8, 4) is 16.2 Å². The predicted molar refractivity (Wildman–Crippen MR) is 171 cm³/mol. The minimum Gasteiger partial charge on any atom is -0.494 e. The number of esters is 1. The van der Waals surface area contributed by atoms with Gasteiger partial charge in [-0.1, -0.05) is 0 Å². The summed E-state index contributed by atoms with van der Waals surface area (Å²) in [5.74, 6) is -0.142. The highest BCUT2D eigenvalue weighted by molar-refractivity contribution is 7.15. The van der Waals surface area contributed by atoms with Crippen molar-refractivity contribution in [3.05, 3.63) is 50.6 Å². The molecule has 1 saturated carbocycles. The van der Waals surface area contributed by atoms with Crippen LogP contribution in [0.25, 0.3) is 21.3 Å². The van der Waals surface area contributed by atoms with Crippen molar-refractivity contribution in [3.63, 3.8) is 0 Å². The molecule has 0 radical (unpaired) electrons. The maximum Gasteiger partial charge on any atom is 0.410 e. The van der Waals surface area contributed by atoms with Crippen LogP contribution in [0.3, 0.4) is 0 Å². The number of rotatable bonds is 6. The molecule has 3 aromatic rings. The van der Waals surface area contributed by atoms with Crippen LogP contribution in [0.2, 0.25) is 0 Å². The number of nitrogens with zero attached hydrogens (tertiary/aromatic N) is 2. The lowest BCUT2D eigenvalue weighted by molar-refractivity contribution is 0.0178. The minimum atomic E-state index is -0.699. The first-order valence-corrected chi connectivity index (χ1v) is 15.9. The molecule has 5 rings (SSSR count).